The van der Waals surface area contributed by atoms with Gasteiger partial charge in [0.1, 0.15) is 0 Å². The minimum Gasteiger partial charge on any atom is -0.478 e. The summed E-state index contributed by atoms with van der Waals surface area (Å²) >= 11 is 3.15. The van der Waals surface area contributed by atoms with Crippen LogP contribution < -0.4 is 5.32 Å². The second kappa shape index (κ2) is 7.69. The number of carboxylic acid groups (broad SMARTS) is 1. The number of amides is 2. The van der Waals surface area contributed by atoms with Crippen LogP contribution in [0.4, 0.5) is 10.5 Å². The van der Waals surface area contributed by atoms with Crippen molar-refractivity contribution >= 4 is 33.6 Å². The van der Waals surface area contributed by atoms with Gasteiger partial charge in [-0.05, 0) is 47.0 Å². The summed E-state index contributed by atoms with van der Waals surface area (Å²) in [6, 6.07) is 4.39. The predicted molar refractivity (Wildman–Crippen MR) is 82.2 cm³/mol. The highest BCUT2D eigenvalue weighted by Gasteiger charge is 2.12. The number of nitrogens with one attached hydrogen (secondary N) is 1. The monoisotopic (exact) mass is 340 g/mol. The summed E-state index contributed by atoms with van der Waals surface area (Å²) < 4.78 is 0.474. The number of hydrogen-bond acceptors (Lipinski definition) is 2. The summed E-state index contributed by atoms with van der Waals surface area (Å²) in [7, 11) is 1.69. The first-order valence-electron chi connectivity index (χ1n) is 6.11. The van der Waals surface area contributed by atoms with Gasteiger partial charge in [0.05, 0.1) is 5.56 Å². The highest BCUT2D eigenvalue weighted by molar-refractivity contribution is 9.10. The molecule has 5 nitrogen and oxygen atoms in total. The molecule has 2 N–H and O–H groups in total. The molecule has 0 aliphatic rings. The molecule has 1 aromatic carbocycles. The lowest BCUT2D eigenvalue weighted by molar-refractivity contribution is 0.0696. The summed E-state index contributed by atoms with van der Waals surface area (Å²) in [6.07, 6.45) is 3.49. The third-order valence-corrected chi connectivity index (χ3v) is 3.39. The number of hydrogen-bond donors (Lipinski definition) is 2. The Labute approximate surface area is 126 Å². The van der Waals surface area contributed by atoms with Crippen LogP contribution in [-0.2, 0) is 0 Å². The van der Waals surface area contributed by atoms with Crippen molar-refractivity contribution in [1.82, 2.24) is 4.90 Å². The second-order valence-corrected chi connectivity index (χ2v) is 5.14. The lowest BCUT2D eigenvalue weighted by Crippen LogP contribution is -2.32. The van der Waals surface area contributed by atoms with Gasteiger partial charge in [0, 0.05) is 23.8 Å². The Morgan fingerprint density at radius 3 is 2.80 bits per heavy atom. The van der Waals surface area contributed by atoms with Crippen LogP contribution in [0.15, 0.2) is 35.3 Å². The van der Waals surface area contributed by atoms with Crippen molar-refractivity contribution in [1.29, 1.82) is 0 Å². The number of rotatable bonds is 6. The fourth-order valence-corrected chi connectivity index (χ4v) is 1.98. The SMILES string of the molecule is C=CCCCN(C)C(=O)Nc1ccc(Br)c(C(=O)O)c1. The number of halogens is 1. The largest absolute Gasteiger partial charge is 0.478 e. The van der Waals surface area contributed by atoms with E-state index in [1.54, 1.807) is 30.2 Å². The smallest absolute Gasteiger partial charge is 0.336 e. The van der Waals surface area contributed by atoms with E-state index in [1.807, 2.05) is 0 Å². The van der Waals surface area contributed by atoms with Crippen molar-refractivity contribution < 1.29 is 14.7 Å². The van der Waals surface area contributed by atoms with Crippen LogP contribution in [0.3, 0.4) is 0 Å². The molecule has 0 saturated heterocycles. The molecule has 2 amide bonds. The van der Waals surface area contributed by atoms with Gasteiger partial charge in [-0.15, -0.1) is 6.58 Å². The quantitative estimate of drug-likeness (QED) is 0.614. The van der Waals surface area contributed by atoms with Gasteiger partial charge >= 0.3 is 12.0 Å². The Bertz CT molecular complexity index is 517. The van der Waals surface area contributed by atoms with Crippen molar-refractivity contribution in [3.8, 4) is 0 Å². The average molecular weight is 341 g/mol. The number of carboxylic acids is 1. The van der Waals surface area contributed by atoms with Crippen LogP contribution in [-0.4, -0.2) is 35.6 Å². The Kier molecular flexibility index (Phi) is 6.24. The topological polar surface area (TPSA) is 69.6 Å². The summed E-state index contributed by atoms with van der Waals surface area (Å²) in [5.74, 6) is -1.05. The third kappa shape index (κ3) is 4.70. The maximum atomic E-state index is 11.9. The Morgan fingerprint density at radius 2 is 2.20 bits per heavy atom. The summed E-state index contributed by atoms with van der Waals surface area (Å²) in [5.41, 5.74) is 0.559. The number of carbonyl (C=O) groups excluding carboxylic acids is 1. The molecule has 6 heteroatoms. The zero-order chi connectivity index (χ0) is 15.1. The number of urea groups is 1. The molecule has 0 heterocycles. The van der Waals surface area contributed by atoms with E-state index in [-0.39, 0.29) is 11.6 Å². The van der Waals surface area contributed by atoms with Gasteiger partial charge in [-0.25, -0.2) is 9.59 Å². The fraction of sp³-hybridized carbons (Fsp3) is 0.286. The van der Waals surface area contributed by atoms with Crippen molar-refractivity contribution in [3.05, 3.63) is 40.9 Å². The van der Waals surface area contributed by atoms with E-state index < -0.39 is 5.97 Å². The molecule has 0 spiro atoms. The molecule has 108 valence electrons. The molecule has 0 aliphatic heterocycles. The highest BCUT2D eigenvalue weighted by Crippen LogP contribution is 2.21. The number of benzene rings is 1. The van der Waals surface area contributed by atoms with Gasteiger partial charge in [-0.1, -0.05) is 6.08 Å². The summed E-state index contributed by atoms with van der Waals surface area (Å²) in [5, 5.41) is 11.7. The molecule has 20 heavy (non-hydrogen) atoms. The zero-order valence-electron chi connectivity index (χ0n) is 11.2. The van der Waals surface area contributed by atoms with Crippen LogP contribution in [0.2, 0.25) is 0 Å². The standard InChI is InChI=1S/C14H17BrN2O3/c1-3-4-5-8-17(2)14(20)16-10-6-7-12(15)11(9-10)13(18)19/h3,6-7,9H,1,4-5,8H2,2H3,(H,16,20)(H,18,19). The molecule has 0 bridgehead atoms. The molecule has 0 unspecified atom stereocenters. The first-order chi connectivity index (χ1) is 9.45. The molecule has 0 aromatic heterocycles. The van der Waals surface area contributed by atoms with Gasteiger partial charge in [0.25, 0.3) is 0 Å². The summed E-state index contributed by atoms with van der Waals surface area (Å²) in [4.78, 5) is 24.5. The maximum Gasteiger partial charge on any atom is 0.336 e. The van der Waals surface area contributed by atoms with Crippen molar-refractivity contribution in [2.45, 2.75) is 12.8 Å². The molecule has 0 radical (unpaired) electrons. The van der Waals surface area contributed by atoms with Crippen molar-refractivity contribution in [3.63, 3.8) is 0 Å². The number of aromatic carboxylic acids is 1. The molecule has 0 aliphatic carbocycles. The zero-order valence-corrected chi connectivity index (χ0v) is 12.8. The van der Waals surface area contributed by atoms with Crippen LogP contribution in [0.5, 0.6) is 0 Å². The van der Waals surface area contributed by atoms with E-state index in [1.165, 1.54) is 6.07 Å². The van der Waals surface area contributed by atoms with Gasteiger partial charge in [-0.2, -0.15) is 0 Å². The van der Waals surface area contributed by atoms with Crippen LogP contribution in [0, 0.1) is 0 Å². The van der Waals surface area contributed by atoms with Gasteiger partial charge < -0.3 is 15.3 Å². The van der Waals surface area contributed by atoms with Crippen molar-refractivity contribution in [2.24, 2.45) is 0 Å². The predicted octanol–water partition coefficient (Wildman–Crippen LogP) is 3.58. The normalized spacial score (nSPS) is 9.90. The molecule has 1 aromatic rings. The Balaban J connectivity index is 2.68. The highest BCUT2D eigenvalue weighted by atomic mass is 79.9. The minimum absolute atomic E-state index is 0.108. The molecular weight excluding hydrogens is 324 g/mol. The number of unbranched alkanes of at least 4 members (excludes halogenated alkanes) is 1. The number of allylic oxidation sites excluding steroid dienone is 1. The lowest BCUT2D eigenvalue weighted by Gasteiger charge is -2.17. The van der Waals surface area contributed by atoms with Crippen molar-refractivity contribution in [2.75, 3.05) is 18.9 Å². The van der Waals surface area contributed by atoms with E-state index in [9.17, 15) is 9.59 Å². The molecule has 1 rings (SSSR count). The first kappa shape index (κ1) is 16.2. The number of anilines is 1. The Morgan fingerprint density at radius 1 is 1.50 bits per heavy atom. The molecule has 0 fully saturated rings. The summed E-state index contributed by atoms with van der Waals surface area (Å²) in [6.45, 7) is 4.24. The first-order valence-corrected chi connectivity index (χ1v) is 6.91. The minimum atomic E-state index is -1.05. The van der Waals surface area contributed by atoms with E-state index in [2.05, 4.69) is 27.8 Å². The van der Waals surface area contributed by atoms with E-state index in [0.29, 0.717) is 16.7 Å². The van der Waals surface area contributed by atoms with Crippen LogP contribution in [0.25, 0.3) is 0 Å². The maximum absolute atomic E-state index is 11.9. The van der Waals surface area contributed by atoms with Gasteiger partial charge in [0.2, 0.25) is 0 Å². The van der Waals surface area contributed by atoms with E-state index in [0.717, 1.165) is 12.8 Å². The van der Waals surface area contributed by atoms with Crippen LogP contribution in [0.1, 0.15) is 23.2 Å². The van der Waals surface area contributed by atoms with Gasteiger partial charge in [-0.3, -0.25) is 0 Å². The average Bonchev–Trinajstić information content (AvgIpc) is 2.40. The van der Waals surface area contributed by atoms with E-state index >= 15 is 0 Å². The van der Waals surface area contributed by atoms with Crippen LogP contribution >= 0.6 is 15.9 Å². The molecular formula is C14H17BrN2O3. The second-order valence-electron chi connectivity index (χ2n) is 4.28. The lowest BCUT2D eigenvalue weighted by atomic mass is 10.2. The number of carbonyl (C=O) groups is 2. The van der Waals surface area contributed by atoms with Gasteiger partial charge in [0.15, 0.2) is 0 Å². The number of nitrogens with zero attached hydrogens (tertiary/aromatic N) is 1. The Hall–Kier alpha value is -1.82. The molecule has 0 atom stereocenters. The molecule has 0 saturated carbocycles. The third-order valence-electron chi connectivity index (χ3n) is 2.70. The van der Waals surface area contributed by atoms with E-state index in [4.69, 9.17) is 5.11 Å². The fourth-order valence-electron chi connectivity index (χ4n) is 1.56.